The van der Waals surface area contributed by atoms with Crippen LogP contribution in [0.15, 0.2) is 24.3 Å². The van der Waals surface area contributed by atoms with Crippen LogP contribution in [0, 0.1) is 0 Å². The van der Waals surface area contributed by atoms with Gasteiger partial charge in [-0.25, -0.2) is 0 Å². The minimum absolute atomic E-state index is 0.0124. The molecule has 2 rings (SSSR count). The fourth-order valence-corrected chi connectivity index (χ4v) is 4.48. The van der Waals surface area contributed by atoms with Gasteiger partial charge in [-0.2, -0.15) is 0 Å². The van der Waals surface area contributed by atoms with Crippen molar-refractivity contribution in [1.82, 2.24) is 5.32 Å². The van der Waals surface area contributed by atoms with Crippen molar-refractivity contribution in [2.24, 2.45) is 0 Å². The van der Waals surface area contributed by atoms with E-state index in [9.17, 15) is 4.79 Å². The topological polar surface area (TPSA) is 59.6 Å². The van der Waals surface area contributed by atoms with Crippen molar-refractivity contribution in [3.63, 3.8) is 0 Å². The molecule has 34 heavy (non-hydrogen) atoms. The monoisotopic (exact) mass is 474 g/mol. The zero-order valence-electron chi connectivity index (χ0n) is 21.8. The average molecular weight is 475 g/mol. The van der Waals surface area contributed by atoms with Crippen LogP contribution in [0.4, 0.5) is 5.69 Å². The molecule has 5 nitrogen and oxygen atoms in total. The average Bonchev–Trinajstić information content (AvgIpc) is 3.36. The number of nitrogens with one attached hydrogen (secondary N) is 2. The molecule has 1 aliphatic heterocycles. The first kappa shape index (κ1) is 28.6. The summed E-state index contributed by atoms with van der Waals surface area (Å²) in [5.41, 5.74) is 0.771. The van der Waals surface area contributed by atoms with Gasteiger partial charge in [-0.3, -0.25) is 4.79 Å². The first-order valence-corrected chi connectivity index (χ1v) is 14.1. The Morgan fingerprint density at radius 1 is 0.941 bits per heavy atom. The molecule has 1 aliphatic rings. The van der Waals surface area contributed by atoms with Gasteiger partial charge in [0.2, 0.25) is 5.91 Å². The number of hydrogen-bond acceptors (Lipinski definition) is 4. The summed E-state index contributed by atoms with van der Waals surface area (Å²) in [6, 6.07) is 7.59. The second kappa shape index (κ2) is 19.7. The molecular weight excluding hydrogens is 424 g/mol. The molecule has 1 heterocycles. The Morgan fingerprint density at radius 2 is 1.59 bits per heavy atom. The third kappa shape index (κ3) is 14.6. The van der Waals surface area contributed by atoms with E-state index in [-0.39, 0.29) is 12.0 Å². The number of unbranched alkanes of at least 4 members (excludes halogenated alkanes) is 13. The standard InChI is InChI=1S/C29H50N2O3/c1-2-3-4-5-6-7-8-9-10-11-12-13-14-15-21-30-24-29(32)31-26-18-16-19-27(23-26)34-25-28-20-17-22-33-28/h16,18-19,23,28,30H,2-15,17,20-22,24-25H2,1H3,(H,31,32). The Balaban J connectivity index is 1.37. The lowest BCUT2D eigenvalue weighted by molar-refractivity contribution is -0.115. The van der Waals surface area contributed by atoms with Crippen molar-refractivity contribution in [2.75, 3.05) is 31.6 Å². The molecule has 1 saturated heterocycles. The summed E-state index contributed by atoms with van der Waals surface area (Å²) >= 11 is 0. The van der Waals surface area contributed by atoms with Crippen LogP contribution in [0.3, 0.4) is 0 Å². The van der Waals surface area contributed by atoms with E-state index in [2.05, 4.69) is 17.6 Å². The van der Waals surface area contributed by atoms with Gasteiger partial charge in [0.25, 0.3) is 0 Å². The molecule has 2 N–H and O–H groups in total. The Bertz CT molecular complexity index is 632. The molecular formula is C29H50N2O3. The second-order valence-electron chi connectivity index (χ2n) is 9.80. The molecule has 1 atom stereocenters. The fourth-order valence-electron chi connectivity index (χ4n) is 4.48. The highest BCUT2D eigenvalue weighted by Crippen LogP contribution is 2.19. The summed E-state index contributed by atoms with van der Waals surface area (Å²) in [5.74, 6) is 0.755. The normalized spacial score (nSPS) is 15.5. The van der Waals surface area contributed by atoms with Crippen molar-refractivity contribution in [3.05, 3.63) is 24.3 Å². The molecule has 194 valence electrons. The van der Waals surface area contributed by atoms with E-state index < -0.39 is 0 Å². The summed E-state index contributed by atoms with van der Waals surface area (Å²) in [6.45, 7) is 4.92. The molecule has 1 aromatic carbocycles. The predicted molar refractivity (Wildman–Crippen MR) is 143 cm³/mol. The Hall–Kier alpha value is -1.59. The molecule has 0 aromatic heterocycles. The SMILES string of the molecule is CCCCCCCCCCCCCCCCNCC(=O)Nc1cccc(OCC2CCCO2)c1. The van der Waals surface area contributed by atoms with E-state index in [1.165, 1.54) is 83.5 Å². The lowest BCUT2D eigenvalue weighted by Gasteiger charge is -2.12. The van der Waals surface area contributed by atoms with Crippen LogP contribution in [0.5, 0.6) is 5.75 Å². The fraction of sp³-hybridized carbons (Fsp3) is 0.759. The van der Waals surface area contributed by atoms with E-state index in [0.717, 1.165) is 43.9 Å². The number of amides is 1. The van der Waals surface area contributed by atoms with Gasteiger partial charge in [-0.15, -0.1) is 0 Å². The number of carbonyl (C=O) groups is 1. The third-order valence-corrected chi connectivity index (χ3v) is 6.57. The molecule has 1 aromatic rings. The molecule has 0 aliphatic carbocycles. The lowest BCUT2D eigenvalue weighted by atomic mass is 10.0. The van der Waals surface area contributed by atoms with Gasteiger partial charge in [-0.05, 0) is 37.9 Å². The number of ether oxygens (including phenoxy) is 2. The molecule has 5 heteroatoms. The van der Waals surface area contributed by atoms with Crippen molar-refractivity contribution in [2.45, 2.75) is 116 Å². The van der Waals surface area contributed by atoms with E-state index >= 15 is 0 Å². The van der Waals surface area contributed by atoms with Crippen LogP contribution in [0.25, 0.3) is 0 Å². The Labute approximate surface area is 208 Å². The van der Waals surface area contributed by atoms with Gasteiger partial charge in [-0.1, -0.05) is 96.5 Å². The van der Waals surface area contributed by atoms with Crippen molar-refractivity contribution in [3.8, 4) is 5.75 Å². The first-order valence-electron chi connectivity index (χ1n) is 14.1. The summed E-state index contributed by atoms with van der Waals surface area (Å²) in [6.07, 6.45) is 21.5. The molecule has 0 spiro atoms. The minimum atomic E-state index is -0.0124. The number of hydrogen-bond donors (Lipinski definition) is 2. The largest absolute Gasteiger partial charge is 0.491 e. The number of carbonyl (C=O) groups excluding carboxylic acids is 1. The molecule has 0 radical (unpaired) electrons. The van der Waals surface area contributed by atoms with E-state index in [4.69, 9.17) is 9.47 Å². The quantitative estimate of drug-likeness (QED) is 0.184. The molecule has 0 bridgehead atoms. The maximum atomic E-state index is 12.2. The maximum Gasteiger partial charge on any atom is 0.238 e. The van der Waals surface area contributed by atoms with Crippen LogP contribution >= 0.6 is 0 Å². The van der Waals surface area contributed by atoms with Crippen LogP contribution in [-0.4, -0.2) is 38.3 Å². The molecule has 1 fully saturated rings. The molecule has 1 amide bonds. The van der Waals surface area contributed by atoms with Gasteiger partial charge < -0.3 is 20.1 Å². The van der Waals surface area contributed by atoms with Gasteiger partial charge in [0.15, 0.2) is 0 Å². The Kier molecular flexibility index (Phi) is 16.6. The summed E-state index contributed by atoms with van der Waals surface area (Å²) in [4.78, 5) is 12.2. The lowest BCUT2D eigenvalue weighted by Crippen LogP contribution is -2.28. The first-order chi connectivity index (χ1) is 16.8. The maximum absolute atomic E-state index is 12.2. The van der Waals surface area contributed by atoms with Gasteiger partial charge >= 0.3 is 0 Å². The predicted octanol–water partition coefficient (Wildman–Crippen LogP) is 7.25. The highest BCUT2D eigenvalue weighted by Gasteiger charge is 2.16. The van der Waals surface area contributed by atoms with Crippen molar-refractivity contribution < 1.29 is 14.3 Å². The van der Waals surface area contributed by atoms with Crippen molar-refractivity contribution in [1.29, 1.82) is 0 Å². The molecule has 1 unspecified atom stereocenters. The summed E-state index contributed by atoms with van der Waals surface area (Å²) in [5, 5.41) is 6.22. The summed E-state index contributed by atoms with van der Waals surface area (Å²) < 4.78 is 11.4. The van der Waals surface area contributed by atoms with E-state index in [1.54, 1.807) is 0 Å². The number of rotatable bonds is 21. The van der Waals surface area contributed by atoms with Crippen LogP contribution in [0.2, 0.25) is 0 Å². The minimum Gasteiger partial charge on any atom is -0.491 e. The smallest absolute Gasteiger partial charge is 0.238 e. The third-order valence-electron chi connectivity index (χ3n) is 6.57. The number of anilines is 1. The zero-order chi connectivity index (χ0) is 24.1. The van der Waals surface area contributed by atoms with E-state index in [0.29, 0.717) is 13.2 Å². The zero-order valence-corrected chi connectivity index (χ0v) is 21.8. The van der Waals surface area contributed by atoms with Crippen LogP contribution in [0.1, 0.15) is 110 Å². The molecule has 0 saturated carbocycles. The van der Waals surface area contributed by atoms with Crippen LogP contribution < -0.4 is 15.4 Å². The van der Waals surface area contributed by atoms with Gasteiger partial charge in [0, 0.05) is 18.4 Å². The van der Waals surface area contributed by atoms with Gasteiger partial charge in [0.05, 0.1) is 12.6 Å². The van der Waals surface area contributed by atoms with Crippen molar-refractivity contribution >= 4 is 11.6 Å². The van der Waals surface area contributed by atoms with Crippen LogP contribution in [-0.2, 0) is 9.53 Å². The highest BCUT2D eigenvalue weighted by molar-refractivity contribution is 5.92. The Morgan fingerprint density at radius 3 is 2.21 bits per heavy atom. The van der Waals surface area contributed by atoms with E-state index in [1.807, 2.05) is 24.3 Å². The summed E-state index contributed by atoms with van der Waals surface area (Å²) in [7, 11) is 0. The highest BCUT2D eigenvalue weighted by atomic mass is 16.5. The van der Waals surface area contributed by atoms with Gasteiger partial charge in [0.1, 0.15) is 12.4 Å². The number of benzene rings is 1. The second-order valence-corrected chi connectivity index (χ2v) is 9.80.